The molecule has 0 saturated heterocycles. The molecular weight excluding hydrogens is 423 g/mol. The lowest BCUT2D eigenvalue weighted by atomic mass is 10.3. The van der Waals surface area contributed by atoms with Crippen molar-refractivity contribution in [3.63, 3.8) is 0 Å². The van der Waals surface area contributed by atoms with E-state index < -0.39 is 27.9 Å². The van der Waals surface area contributed by atoms with Crippen LogP contribution in [0.4, 0.5) is 15.9 Å². The third kappa shape index (κ3) is 5.76. The summed E-state index contributed by atoms with van der Waals surface area (Å²) >= 11 is 0. The molecule has 1 amide bonds. The Bertz CT molecular complexity index is 1180. The monoisotopic (exact) mass is 444 g/mol. The molecule has 2 aromatic carbocycles. The van der Waals surface area contributed by atoms with E-state index in [9.17, 15) is 17.6 Å². The quantitative estimate of drug-likeness (QED) is 0.578. The summed E-state index contributed by atoms with van der Waals surface area (Å²) in [4.78, 5) is 20.5. The van der Waals surface area contributed by atoms with Crippen molar-refractivity contribution in [2.75, 3.05) is 10.0 Å². The number of aromatic nitrogens is 2. The van der Waals surface area contributed by atoms with Gasteiger partial charge in [0.25, 0.3) is 15.9 Å². The maximum atomic E-state index is 13.7. The largest absolute Gasteiger partial charge is 0.478 e. The van der Waals surface area contributed by atoms with Gasteiger partial charge in [0, 0.05) is 17.4 Å². The Hall–Kier alpha value is -3.53. The molecule has 3 aromatic rings. The van der Waals surface area contributed by atoms with Gasteiger partial charge in [-0.05, 0) is 57.2 Å². The lowest BCUT2D eigenvalue weighted by Crippen LogP contribution is -2.30. The standard InChI is InChI=1S/C21H21FN4O4S/c1-13-12-20(24-15(3)23-13)26-31(28,29)17-10-8-16(9-11-17)25-21(27)14(2)30-19-7-5-4-6-18(19)22/h4-12,14H,1-3H3,(H,25,27)(H,23,24,26). The van der Waals surface area contributed by atoms with Gasteiger partial charge in [0.1, 0.15) is 11.6 Å². The van der Waals surface area contributed by atoms with Crippen LogP contribution < -0.4 is 14.8 Å². The molecule has 8 nitrogen and oxygen atoms in total. The Morgan fingerprint density at radius 2 is 1.74 bits per heavy atom. The number of amides is 1. The SMILES string of the molecule is Cc1cc(NS(=O)(=O)c2ccc(NC(=O)C(C)Oc3ccccc3F)cc2)nc(C)n1. The molecular formula is C21H21FN4O4S. The number of ether oxygens (including phenoxy) is 1. The van der Waals surface area contributed by atoms with Gasteiger partial charge < -0.3 is 10.1 Å². The van der Waals surface area contributed by atoms with E-state index in [1.807, 2.05) is 0 Å². The number of hydrogen-bond donors (Lipinski definition) is 2. The molecule has 0 spiro atoms. The number of rotatable bonds is 7. The van der Waals surface area contributed by atoms with E-state index in [2.05, 4.69) is 20.0 Å². The number of aryl methyl sites for hydroxylation is 2. The second-order valence-electron chi connectivity index (χ2n) is 6.75. The number of halogens is 1. The number of nitrogens with one attached hydrogen (secondary N) is 2. The van der Waals surface area contributed by atoms with Crippen molar-refractivity contribution in [2.24, 2.45) is 0 Å². The summed E-state index contributed by atoms with van der Waals surface area (Å²) in [6, 6.07) is 12.9. The van der Waals surface area contributed by atoms with Crippen molar-refractivity contribution in [3.05, 3.63) is 71.9 Å². The summed E-state index contributed by atoms with van der Waals surface area (Å²) in [7, 11) is -3.87. The van der Waals surface area contributed by atoms with Gasteiger partial charge in [0.15, 0.2) is 17.7 Å². The minimum atomic E-state index is -3.87. The Kier molecular flexibility index (Phi) is 6.50. The lowest BCUT2D eigenvalue weighted by Gasteiger charge is -2.15. The fourth-order valence-corrected chi connectivity index (χ4v) is 3.70. The van der Waals surface area contributed by atoms with Gasteiger partial charge in [-0.3, -0.25) is 9.52 Å². The first-order valence-electron chi connectivity index (χ1n) is 9.31. The highest BCUT2D eigenvalue weighted by Gasteiger charge is 2.18. The molecule has 0 aliphatic heterocycles. The first-order valence-corrected chi connectivity index (χ1v) is 10.8. The molecule has 0 fully saturated rings. The predicted octanol–water partition coefficient (Wildman–Crippen LogP) is 3.44. The minimum absolute atomic E-state index is 0.00456. The number of sulfonamides is 1. The zero-order valence-corrected chi connectivity index (χ0v) is 17.9. The molecule has 0 aliphatic rings. The van der Waals surface area contributed by atoms with Crippen molar-refractivity contribution >= 4 is 27.4 Å². The van der Waals surface area contributed by atoms with Crippen LogP contribution in [-0.2, 0) is 14.8 Å². The summed E-state index contributed by atoms with van der Waals surface area (Å²) in [5.41, 5.74) is 0.997. The summed E-state index contributed by atoms with van der Waals surface area (Å²) in [5, 5.41) is 2.60. The van der Waals surface area contributed by atoms with Gasteiger partial charge in [0.2, 0.25) is 0 Å². The molecule has 1 unspecified atom stereocenters. The number of carbonyl (C=O) groups is 1. The van der Waals surface area contributed by atoms with Gasteiger partial charge in [-0.1, -0.05) is 12.1 Å². The fraction of sp³-hybridized carbons (Fsp3) is 0.190. The highest BCUT2D eigenvalue weighted by Crippen LogP contribution is 2.20. The van der Waals surface area contributed by atoms with Crippen LogP contribution in [0.25, 0.3) is 0 Å². The van der Waals surface area contributed by atoms with Gasteiger partial charge in [-0.25, -0.2) is 22.8 Å². The summed E-state index contributed by atoms with van der Waals surface area (Å²) in [6.45, 7) is 4.89. The number of para-hydroxylation sites is 1. The van der Waals surface area contributed by atoms with Crippen molar-refractivity contribution in [1.29, 1.82) is 0 Å². The second-order valence-corrected chi connectivity index (χ2v) is 8.43. The third-order valence-corrected chi connectivity index (χ3v) is 5.52. The van der Waals surface area contributed by atoms with Crippen LogP contribution in [0.1, 0.15) is 18.4 Å². The second kappa shape index (κ2) is 9.09. The molecule has 31 heavy (non-hydrogen) atoms. The van der Waals surface area contributed by atoms with E-state index in [-0.39, 0.29) is 16.5 Å². The van der Waals surface area contributed by atoms with Gasteiger partial charge >= 0.3 is 0 Å². The average Bonchev–Trinajstić information content (AvgIpc) is 2.69. The maximum absolute atomic E-state index is 13.7. The Morgan fingerprint density at radius 1 is 1.06 bits per heavy atom. The highest BCUT2D eigenvalue weighted by atomic mass is 32.2. The molecule has 3 rings (SSSR count). The van der Waals surface area contributed by atoms with Crippen LogP contribution >= 0.6 is 0 Å². The molecule has 0 aliphatic carbocycles. The first-order chi connectivity index (χ1) is 14.6. The van der Waals surface area contributed by atoms with Gasteiger partial charge in [-0.15, -0.1) is 0 Å². The Morgan fingerprint density at radius 3 is 2.39 bits per heavy atom. The van der Waals surface area contributed by atoms with Crippen molar-refractivity contribution in [3.8, 4) is 5.75 Å². The van der Waals surface area contributed by atoms with Crippen LogP contribution in [0.2, 0.25) is 0 Å². The van der Waals surface area contributed by atoms with Crippen LogP contribution in [0, 0.1) is 19.7 Å². The van der Waals surface area contributed by atoms with E-state index in [4.69, 9.17) is 4.74 Å². The number of anilines is 2. The minimum Gasteiger partial charge on any atom is -0.478 e. The molecule has 1 aromatic heterocycles. The molecule has 0 saturated carbocycles. The predicted molar refractivity (Wildman–Crippen MR) is 114 cm³/mol. The third-order valence-electron chi connectivity index (χ3n) is 4.15. The van der Waals surface area contributed by atoms with E-state index in [1.165, 1.54) is 55.5 Å². The van der Waals surface area contributed by atoms with Crippen LogP contribution in [0.3, 0.4) is 0 Å². The molecule has 0 bridgehead atoms. The molecule has 162 valence electrons. The van der Waals surface area contributed by atoms with E-state index >= 15 is 0 Å². The molecule has 1 atom stereocenters. The van der Waals surface area contributed by atoms with Crippen molar-refractivity contribution in [2.45, 2.75) is 31.8 Å². The first kappa shape index (κ1) is 22.2. The zero-order valence-electron chi connectivity index (χ0n) is 17.1. The summed E-state index contributed by atoms with van der Waals surface area (Å²) in [5.74, 6) is -0.501. The average molecular weight is 444 g/mol. The smallest absolute Gasteiger partial charge is 0.265 e. The van der Waals surface area contributed by atoms with Crippen LogP contribution in [0.5, 0.6) is 5.75 Å². The zero-order chi connectivity index (χ0) is 22.6. The van der Waals surface area contributed by atoms with Gasteiger partial charge in [-0.2, -0.15) is 0 Å². The number of benzene rings is 2. The van der Waals surface area contributed by atoms with Gasteiger partial charge in [0.05, 0.1) is 4.90 Å². The number of carbonyl (C=O) groups excluding carboxylic acids is 1. The number of nitrogens with zero attached hydrogens (tertiary/aromatic N) is 2. The summed E-state index contributed by atoms with van der Waals surface area (Å²) < 4.78 is 46.6. The fourth-order valence-electron chi connectivity index (χ4n) is 2.71. The normalized spacial score (nSPS) is 12.1. The maximum Gasteiger partial charge on any atom is 0.265 e. The molecule has 2 N–H and O–H groups in total. The Labute approximate surface area is 179 Å². The van der Waals surface area contributed by atoms with Crippen molar-refractivity contribution in [1.82, 2.24) is 9.97 Å². The van der Waals surface area contributed by atoms with Crippen LogP contribution in [0.15, 0.2) is 59.5 Å². The summed E-state index contributed by atoms with van der Waals surface area (Å²) in [6.07, 6.45) is -0.966. The Balaban J connectivity index is 1.66. The topological polar surface area (TPSA) is 110 Å². The molecule has 1 heterocycles. The van der Waals surface area contributed by atoms with Crippen LogP contribution in [-0.4, -0.2) is 30.4 Å². The molecule has 10 heteroatoms. The van der Waals surface area contributed by atoms with Crippen molar-refractivity contribution < 1.29 is 22.3 Å². The van der Waals surface area contributed by atoms with E-state index in [0.717, 1.165) is 0 Å². The lowest BCUT2D eigenvalue weighted by molar-refractivity contribution is -0.122. The number of hydrogen-bond acceptors (Lipinski definition) is 6. The molecule has 0 radical (unpaired) electrons. The van der Waals surface area contributed by atoms with E-state index in [0.29, 0.717) is 17.2 Å². The highest BCUT2D eigenvalue weighted by molar-refractivity contribution is 7.92. The van der Waals surface area contributed by atoms with E-state index in [1.54, 1.807) is 19.9 Å².